The SMILES string of the molecule is CCCCCCCCCCCCCCCCCOC(=O)/C=C/C(=O)OC1CCCCC1. The number of unbranched alkanes of at least 4 members (excludes halogenated alkanes) is 14. The second-order valence-corrected chi connectivity index (χ2v) is 9.15. The van der Waals surface area contributed by atoms with Crippen molar-refractivity contribution in [3.63, 3.8) is 0 Å². The number of hydrogen-bond acceptors (Lipinski definition) is 4. The molecule has 0 aromatic heterocycles. The van der Waals surface area contributed by atoms with E-state index in [-0.39, 0.29) is 6.10 Å². The minimum Gasteiger partial charge on any atom is -0.463 e. The second-order valence-electron chi connectivity index (χ2n) is 9.15. The lowest BCUT2D eigenvalue weighted by Crippen LogP contribution is -2.19. The molecule has 1 fully saturated rings. The van der Waals surface area contributed by atoms with Crippen LogP contribution in [0.15, 0.2) is 12.2 Å². The van der Waals surface area contributed by atoms with E-state index in [9.17, 15) is 9.59 Å². The van der Waals surface area contributed by atoms with Crippen molar-refractivity contribution in [2.45, 2.75) is 141 Å². The highest BCUT2D eigenvalue weighted by Gasteiger charge is 2.16. The van der Waals surface area contributed by atoms with Gasteiger partial charge in [-0.2, -0.15) is 0 Å². The van der Waals surface area contributed by atoms with E-state index >= 15 is 0 Å². The average molecular weight is 437 g/mol. The first-order valence-electron chi connectivity index (χ1n) is 13.3. The smallest absolute Gasteiger partial charge is 0.331 e. The largest absolute Gasteiger partial charge is 0.463 e. The fraction of sp³-hybridized carbons (Fsp3) is 0.852. The molecule has 0 atom stereocenters. The molecule has 0 aromatic rings. The van der Waals surface area contributed by atoms with Gasteiger partial charge in [-0.1, -0.05) is 103 Å². The molecule has 1 aliphatic rings. The Morgan fingerprint density at radius 3 is 1.61 bits per heavy atom. The molecule has 4 nitrogen and oxygen atoms in total. The Bertz CT molecular complexity index is 466. The molecule has 1 aliphatic carbocycles. The van der Waals surface area contributed by atoms with E-state index < -0.39 is 11.9 Å². The van der Waals surface area contributed by atoms with Gasteiger partial charge in [0.25, 0.3) is 0 Å². The highest BCUT2D eigenvalue weighted by Crippen LogP contribution is 2.20. The molecule has 0 radical (unpaired) electrons. The third-order valence-electron chi connectivity index (χ3n) is 6.18. The molecule has 0 spiro atoms. The summed E-state index contributed by atoms with van der Waals surface area (Å²) in [4.78, 5) is 23.4. The van der Waals surface area contributed by atoms with E-state index in [1.165, 1.54) is 102 Å². The molecule has 0 saturated heterocycles. The second kappa shape index (κ2) is 20.6. The topological polar surface area (TPSA) is 52.6 Å². The van der Waals surface area contributed by atoms with Gasteiger partial charge in [-0.15, -0.1) is 0 Å². The Labute approximate surface area is 191 Å². The van der Waals surface area contributed by atoms with E-state index in [4.69, 9.17) is 9.47 Å². The first kappa shape index (κ1) is 27.7. The van der Waals surface area contributed by atoms with Gasteiger partial charge >= 0.3 is 11.9 Å². The van der Waals surface area contributed by atoms with E-state index in [1.54, 1.807) is 0 Å². The molecule has 0 aliphatic heterocycles. The van der Waals surface area contributed by atoms with Gasteiger partial charge in [-0.25, -0.2) is 9.59 Å². The fourth-order valence-corrected chi connectivity index (χ4v) is 4.22. The van der Waals surface area contributed by atoms with E-state index in [2.05, 4.69) is 6.92 Å². The van der Waals surface area contributed by atoms with Gasteiger partial charge in [0.1, 0.15) is 6.10 Å². The first-order valence-corrected chi connectivity index (χ1v) is 13.3. The van der Waals surface area contributed by atoms with Crippen molar-refractivity contribution in [1.29, 1.82) is 0 Å². The zero-order valence-corrected chi connectivity index (χ0v) is 20.2. The molecule has 4 heteroatoms. The lowest BCUT2D eigenvalue weighted by Gasteiger charge is -2.20. The van der Waals surface area contributed by atoms with Crippen LogP contribution in [-0.2, 0) is 19.1 Å². The first-order chi connectivity index (χ1) is 15.2. The maximum absolute atomic E-state index is 11.7. The average Bonchev–Trinajstić information content (AvgIpc) is 2.78. The number of ether oxygens (including phenoxy) is 2. The third kappa shape index (κ3) is 18.0. The molecule has 0 aromatic carbocycles. The van der Waals surface area contributed by atoms with Crippen molar-refractivity contribution in [3.05, 3.63) is 12.2 Å². The van der Waals surface area contributed by atoms with Gasteiger partial charge in [0.05, 0.1) is 6.61 Å². The summed E-state index contributed by atoms with van der Waals surface area (Å²) in [5.74, 6) is -0.887. The summed E-state index contributed by atoms with van der Waals surface area (Å²) in [6.45, 7) is 2.70. The van der Waals surface area contributed by atoms with Crippen molar-refractivity contribution in [3.8, 4) is 0 Å². The van der Waals surface area contributed by atoms with Crippen molar-refractivity contribution in [1.82, 2.24) is 0 Å². The Balaban J connectivity index is 1.82. The number of hydrogen-bond donors (Lipinski definition) is 0. The Morgan fingerprint density at radius 1 is 0.645 bits per heavy atom. The van der Waals surface area contributed by atoms with Crippen LogP contribution in [0.5, 0.6) is 0 Å². The molecule has 0 amide bonds. The van der Waals surface area contributed by atoms with Crippen molar-refractivity contribution in [2.75, 3.05) is 6.61 Å². The van der Waals surface area contributed by atoms with E-state index in [0.717, 1.165) is 38.5 Å². The highest BCUT2D eigenvalue weighted by atomic mass is 16.5. The van der Waals surface area contributed by atoms with Crippen LogP contribution in [-0.4, -0.2) is 24.6 Å². The maximum atomic E-state index is 11.7. The summed E-state index contributed by atoms with van der Waals surface area (Å²) in [6, 6.07) is 0. The standard InChI is InChI=1S/C27H48O4/c1-2-3-4-5-6-7-8-9-10-11-12-13-14-15-19-24-30-26(28)22-23-27(29)31-25-20-17-16-18-21-25/h22-23,25H,2-21,24H2,1H3/b23-22+. The number of rotatable bonds is 19. The molecule has 0 heterocycles. The lowest BCUT2D eigenvalue weighted by atomic mass is 9.98. The summed E-state index contributed by atoms with van der Waals surface area (Å²) in [5.41, 5.74) is 0. The molecule has 0 unspecified atom stereocenters. The van der Waals surface area contributed by atoms with Crippen LogP contribution in [0.2, 0.25) is 0 Å². The number of esters is 2. The predicted octanol–water partition coefficient (Wildman–Crippen LogP) is 7.83. The molecule has 180 valence electrons. The molecule has 0 N–H and O–H groups in total. The third-order valence-corrected chi connectivity index (χ3v) is 6.18. The Hall–Kier alpha value is -1.32. The van der Waals surface area contributed by atoms with Crippen molar-refractivity contribution < 1.29 is 19.1 Å². The highest BCUT2D eigenvalue weighted by molar-refractivity contribution is 5.91. The van der Waals surface area contributed by atoms with Crippen LogP contribution in [0.25, 0.3) is 0 Å². The molecule has 0 bridgehead atoms. The van der Waals surface area contributed by atoms with Crippen LogP contribution >= 0.6 is 0 Å². The predicted molar refractivity (Wildman–Crippen MR) is 128 cm³/mol. The summed E-state index contributed by atoms with van der Waals surface area (Å²) >= 11 is 0. The monoisotopic (exact) mass is 436 g/mol. The van der Waals surface area contributed by atoms with Gasteiger partial charge in [0.2, 0.25) is 0 Å². The molecule has 1 saturated carbocycles. The van der Waals surface area contributed by atoms with Crippen LogP contribution in [0.4, 0.5) is 0 Å². The number of carbonyl (C=O) groups is 2. The zero-order valence-electron chi connectivity index (χ0n) is 20.2. The molecule has 31 heavy (non-hydrogen) atoms. The Morgan fingerprint density at radius 2 is 1.10 bits per heavy atom. The van der Waals surface area contributed by atoms with Gasteiger partial charge in [0.15, 0.2) is 0 Å². The normalized spacial score (nSPS) is 14.7. The van der Waals surface area contributed by atoms with Crippen LogP contribution in [0.3, 0.4) is 0 Å². The summed E-state index contributed by atoms with van der Waals surface area (Å²) < 4.78 is 10.5. The lowest BCUT2D eigenvalue weighted by molar-refractivity contribution is -0.145. The van der Waals surface area contributed by atoms with Gasteiger partial charge in [0, 0.05) is 12.2 Å². The van der Waals surface area contributed by atoms with Crippen molar-refractivity contribution in [2.24, 2.45) is 0 Å². The summed E-state index contributed by atoms with van der Waals surface area (Å²) in [5, 5.41) is 0. The number of carbonyl (C=O) groups excluding carboxylic acids is 2. The van der Waals surface area contributed by atoms with Crippen LogP contribution < -0.4 is 0 Å². The molecular weight excluding hydrogens is 388 g/mol. The summed E-state index contributed by atoms with van der Waals surface area (Å²) in [7, 11) is 0. The maximum Gasteiger partial charge on any atom is 0.331 e. The van der Waals surface area contributed by atoms with Gasteiger partial charge in [-0.05, 0) is 32.1 Å². The van der Waals surface area contributed by atoms with Crippen LogP contribution in [0.1, 0.15) is 135 Å². The molecule has 1 rings (SSSR count). The van der Waals surface area contributed by atoms with Crippen LogP contribution in [0, 0.1) is 0 Å². The molecular formula is C27H48O4. The zero-order chi connectivity index (χ0) is 22.4. The fourth-order valence-electron chi connectivity index (χ4n) is 4.22. The summed E-state index contributed by atoms with van der Waals surface area (Å²) in [6.07, 6.45) is 27.5. The van der Waals surface area contributed by atoms with E-state index in [0.29, 0.717) is 6.61 Å². The van der Waals surface area contributed by atoms with Gasteiger partial charge < -0.3 is 9.47 Å². The van der Waals surface area contributed by atoms with Gasteiger partial charge in [-0.3, -0.25) is 0 Å². The minimum absolute atomic E-state index is 0.0160. The van der Waals surface area contributed by atoms with Crippen molar-refractivity contribution >= 4 is 11.9 Å². The quantitative estimate of drug-likeness (QED) is 0.118. The van der Waals surface area contributed by atoms with E-state index in [1.807, 2.05) is 0 Å². The minimum atomic E-state index is -0.453. The Kier molecular flexibility index (Phi) is 18.4.